The van der Waals surface area contributed by atoms with Gasteiger partial charge in [-0.15, -0.1) is 6.42 Å². The lowest BCUT2D eigenvalue weighted by Gasteiger charge is -2.01. The second-order valence-corrected chi connectivity index (χ2v) is 6.53. The maximum atomic E-state index is 12.3. The fourth-order valence-electron chi connectivity index (χ4n) is 2.56. The van der Waals surface area contributed by atoms with Crippen molar-refractivity contribution in [3.63, 3.8) is 0 Å². The molecule has 2 aromatic carbocycles. The number of ether oxygens (including phenoxy) is 1. The summed E-state index contributed by atoms with van der Waals surface area (Å²) in [5.41, 5.74) is 2.17. The molecule has 6 heteroatoms. The number of nitrogens with zero attached hydrogens (tertiary/aromatic N) is 2. The molecule has 0 fully saturated rings. The van der Waals surface area contributed by atoms with Crippen molar-refractivity contribution in [2.45, 2.75) is 13.0 Å². The van der Waals surface area contributed by atoms with Crippen LogP contribution in [-0.2, 0) is 22.5 Å². The molecule has 0 spiro atoms. The van der Waals surface area contributed by atoms with Crippen LogP contribution in [0.4, 0.5) is 0 Å². The molecule has 0 saturated carbocycles. The zero-order valence-electron chi connectivity index (χ0n) is 14.1. The van der Waals surface area contributed by atoms with Crippen LogP contribution in [0.3, 0.4) is 0 Å². The van der Waals surface area contributed by atoms with E-state index in [-0.39, 0.29) is 18.9 Å². The second kappa shape index (κ2) is 7.81. The first-order valence-electron chi connectivity index (χ1n) is 7.89. The number of hydrogen-bond donors (Lipinski definition) is 0. The largest absolute Gasteiger partial charge is 0.465 e. The number of thiazole rings is 1. The fraction of sp³-hybridized carbons (Fsp3) is 0.150. The van der Waals surface area contributed by atoms with Crippen molar-refractivity contribution in [3.8, 4) is 12.3 Å². The summed E-state index contributed by atoms with van der Waals surface area (Å²) in [6.07, 6.45) is 5.69. The molecule has 0 saturated heterocycles. The lowest BCUT2D eigenvalue weighted by molar-refractivity contribution is -0.117. The van der Waals surface area contributed by atoms with Crippen LogP contribution < -0.4 is 4.80 Å². The minimum absolute atomic E-state index is 0.221. The summed E-state index contributed by atoms with van der Waals surface area (Å²) in [4.78, 5) is 28.8. The number of methoxy groups -OCH3 is 1. The van der Waals surface area contributed by atoms with Crippen LogP contribution in [0.15, 0.2) is 53.5 Å². The summed E-state index contributed by atoms with van der Waals surface area (Å²) < 4.78 is 7.36. The molecular weight excluding hydrogens is 348 g/mol. The quantitative estimate of drug-likeness (QED) is 0.528. The maximum absolute atomic E-state index is 12.3. The third kappa shape index (κ3) is 3.73. The highest BCUT2D eigenvalue weighted by Crippen LogP contribution is 2.20. The Hall–Kier alpha value is -3.17. The molecule has 130 valence electrons. The molecule has 1 aromatic heterocycles. The van der Waals surface area contributed by atoms with Gasteiger partial charge in [0, 0.05) is 0 Å². The van der Waals surface area contributed by atoms with E-state index in [2.05, 4.69) is 10.9 Å². The van der Waals surface area contributed by atoms with Crippen LogP contribution >= 0.6 is 11.3 Å². The zero-order valence-corrected chi connectivity index (χ0v) is 15.0. The van der Waals surface area contributed by atoms with Crippen LogP contribution in [-0.4, -0.2) is 23.6 Å². The highest BCUT2D eigenvalue weighted by atomic mass is 32.1. The van der Waals surface area contributed by atoms with E-state index in [1.165, 1.54) is 18.4 Å². The molecule has 0 aliphatic heterocycles. The van der Waals surface area contributed by atoms with Gasteiger partial charge < -0.3 is 9.30 Å². The number of benzene rings is 2. The van der Waals surface area contributed by atoms with Crippen LogP contribution in [0, 0.1) is 12.3 Å². The van der Waals surface area contributed by atoms with E-state index < -0.39 is 5.97 Å². The number of aromatic nitrogens is 1. The van der Waals surface area contributed by atoms with Crippen molar-refractivity contribution < 1.29 is 14.3 Å². The second-order valence-electron chi connectivity index (χ2n) is 5.52. The number of terminal acetylenes is 1. The first-order chi connectivity index (χ1) is 12.6. The van der Waals surface area contributed by atoms with Crippen molar-refractivity contribution >= 4 is 33.4 Å². The summed E-state index contributed by atoms with van der Waals surface area (Å²) >= 11 is 1.32. The molecule has 0 atom stereocenters. The summed E-state index contributed by atoms with van der Waals surface area (Å²) in [6.45, 7) is 0.287. The lowest BCUT2D eigenvalue weighted by atomic mass is 10.1. The van der Waals surface area contributed by atoms with E-state index in [0.29, 0.717) is 10.4 Å². The smallest absolute Gasteiger partial charge is 0.337 e. The van der Waals surface area contributed by atoms with Crippen molar-refractivity contribution in [3.05, 3.63) is 64.5 Å². The summed E-state index contributed by atoms with van der Waals surface area (Å²) in [6, 6.07) is 14.6. The van der Waals surface area contributed by atoms with Gasteiger partial charge in [-0.3, -0.25) is 4.79 Å². The van der Waals surface area contributed by atoms with Gasteiger partial charge in [0.15, 0.2) is 4.80 Å². The predicted octanol–water partition coefficient (Wildman–Crippen LogP) is 2.79. The fourth-order valence-corrected chi connectivity index (χ4v) is 3.65. The Morgan fingerprint density at radius 2 is 2.00 bits per heavy atom. The Bertz CT molecular complexity index is 1070. The Morgan fingerprint density at radius 3 is 2.69 bits per heavy atom. The average molecular weight is 364 g/mol. The standard InChI is InChI=1S/C20H16N2O3S/c1-3-11-22-16-10-9-15(19(24)25-2)13-17(16)26-20(22)21-18(23)12-14-7-5-4-6-8-14/h1,4-10,13H,11-12H2,2H3. The molecular formula is C20H16N2O3S. The molecule has 0 bridgehead atoms. The normalized spacial score (nSPS) is 11.3. The first kappa shape index (κ1) is 17.6. The molecule has 0 N–H and O–H groups in total. The van der Waals surface area contributed by atoms with E-state index in [9.17, 15) is 9.59 Å². The van der Waals surface area contributed by atoms with Gasteiger partial charge in [-0.05, 0) is 23.8 Å². The highest BCUT2D eigenvalue weighted by molar-refractivity contribution is 7.16. The van der Waals surface area contributed by atoms with Crippen LogP contribution in [0.5, 0.6) is 0 Å². The molecule has 1 heterocycles. The van der Waals surface area contributed by atoms with E-state index in [1.807, 2.05) is 30.3 Å². The number of carbonyl (C=O) groups is 2. The number of esters is 1. The average Bonchev–Trinajstić information content (AvgIpc) is 2.98. The van der Waals surface area contributed by atoms with Crippen molar-refractivity contribution in [1.82, 2.24) is 4.57 Å². The Labute approximate surface area is 154 Å². The number of rotatable bonds is 4. The monoisotopic (exact) mass is 364 g/mol. The van der Waals surface area contributed by atoms with Gasteiger partial charge in [-0.2, -0.15) is 4.99 Å². The summed E-state index contributed by atoms with van der Waals surface area (Å²) in [5.74, 6) is 1.92. The Morgan fingerprint density at radius 1 is 1.23 bits per heavy atom. The SMILES string of the molecule is C#CCn1c(=NC(=O)Cc2ccccc2)sc2cc(C(=O)OC)ccc21. The van der Waals surface area contributed by atoms with E-state index in [0.717, 1.165) is 15.8 Å². The maximum Gasteiger partial charge on any atom is 0.337 e. The minimum atomic E-state index is -0.414. The van der Waals surface area contributed by atoms with E-state index >= 15 is 0 Å². The topological polar surface area (TPSA) is 60.7 Å². The molecule has 0 radical (unpaired) electrons. The molecule has 3 rings (SSSR count). The molecule has 5 nitrogen and oxygen atoms in total. The number of hydrogen-bond acceptors (Lipinski definition) is 4. The van der Waals surface area contributed by atoms with Gasteiger partial charge >= 0.3 is 5.97 Å². The predicted molar refractivity (Wildman–Crippen MR) is 101 cm³/mol. The van der Waals surface area contributed by atoms with Crippen molar-refractivity contribution in [2.24, 2.45) is 4.99 Å². The minimum Gasteiger partial charge on any atom is -0.465 e. The molecule has 0 unspecified atom stereocenters. The molecule has 0 aliphatic rings. The molecule has 0 aliphatic carbocycles. The highest BCUT2D eigenvalue weighted by Gasteiger charge is 2.11. The lowest BCUT2D eigenvalue weighted by Crippen LogP contribution is -2.17. The molecule has 1 amide bonds. The van der Waals surface area contributed by atoms with Gasteiger partial charge in [0.2, 0.25) is 0 Å². The van der Waals surface area contributed by atoms with Crippen molar-refractivity contribution in [2.75, 3.05) is 7.11 Å². The van der Waals surface area contributed by atoms with Gasteiger partial charge in [0.1, 0.15) is 0 Å². The molecule has 26 heavy (non-hydrogen) atoms. The number of amides is 1. The van der Waals surface area contributed by atoms with Gasteiger partial charge in [-0.25, -0.2) is 4.79 Å². The van der Waals surface area contributed by atoms with Crippen LogP contribution in [0.1, 0.15) is 15.9 Å². The third-order valence-corrected chi connectivity index (χ3v) is 4.81. The third-order valence-electron chi connectivity index (χ3n) is 3.77. The first-order valence-corrected chi connectivity index (χ1v) is 8.70. The van der Waals surface area contributed by atoms with Crippen LogP contribution in [0.25, 0.3) is 10.2 Å². The van der Waals surface area contributed by atoms with E-state index in [4.69, 9.17) is 11.2 Å². The van der Waals surface area contributed by atoms with E-state index in [1.54, 1.807) is 22.8 Å². The molecule has 3 aromatic rings. The van der Waals surface area contributed by atoms with Gasteiger partial charge in [0.05, 0.1) is 35.9 Å². The van der Waals surface area contributed by atoms with Crippen molar-refractivity contribution in [1.29, 1.82) is 0 Å². The Balaban J connectivity index is 2.03. The summed E-state index contributed by atoms with van der Waals surface area (Å²) in [5, 5.41) is 0. The number of carbonyl (C=O) groups excluding carboxylic acids is 2. The van der Waals surface area contributed by atoms with Gasteiger partial charge in [-0.1, -0.05) is 47.6 Å². The van der Waals surface area contributed by atoms with Gasteiger partial charge in [0.25, 0.3) is 5.91 Å². The Kier molecular flexibility index (Phi) is 5.30. The number of fused-ring (bicyclic) bond motifs is 1. The summed E-state index contributed by atoms with van der Waals surface area (Å²) in [7, 11) is 1.34. The zero-order chi connectivity index (χ0) is 18.5. The van der Waals surface area contributed by atoms with Crippen LogP contribution in [0.2, 0.25) is 0 Å².